The molecule has 0 spiro atoms. The van der Waals surface area contributed by atoms with E-state index in [1.165, 1.54) is 12.1 Å². The lowest BCUT2D eigenvalue weighted by molar-refractivity contribution is -0.144. The number of nitrogens with one attached hydrogen (secondary N) is 3. The average Bonchev–Trinajstić information content (AvgIpc) is 2.76. The summed E-state index contributed by atoms with van der Waals surface area (Å²) in [5.41, 5.74) is 6.47. The summed E-state index contributed by atoms with van der Waals surface area (Å²) in [4.78, 5) is 60.1. The molecule has 0 aliphatic heterocycles. The van der Waals surface area contributed by atoms with Crippen molar-refractivity contribution in [3.8, 4) is 5.75 Å². The van der Waals surface area contributed by atoms with Gasteiger partial charge in [-0.05, 0) is 36.5 Å². The van der Waals surface area contributed by atoms with E-state index in [9.17, 15) is 39.3 Å². The highest BCUT2D eigenvalue weighted by molar-refractivity contribution is 5.95. The number of carboxylic acids is 2. The molecular formula is C22H32N4O9. The summed E-state index contributed by atoms with van der Waals surface area (Å²) in [6.45, 7) is 2.59. The molecule has 0 fully saturated rings. The summed E-state index contributed by atoms with van der Waals surface area (Å²) in [6, 6.07) is 0.291. The molecule has 0 saturated heterocycles. The van der Waals surface area contributed by atoms with Gasteiger partial charge in [-0.1, -0.05) is 26.0 Å². The average molecular weight is 497 g/mol. The number of carbonyl (C=O) groups is 5. The fraction of sp³-hybridized carbons (Fsp3) is 0.500. The number of hydrogen-bond donors (Lipinski definition) is 8. The van der Waals surface area contributed by atoms with E-state index in [1.807, 2.05) is 0 Å². The maximum absolute atomic E-state index is 12.6. The number of benzene rings is 1. The number of phenols is 1. The summed E-state index contributed by atoms with van der Waals surface area (Å²) in [5.74, 6) is -5.73. The predicted octanol–water partition coefficient (Wildman–Crippen LogP) is -1.69. The number of hydrogen-bond acceptors (Lipinski definition) is 8. The minimum Gasteiger partial charge on any atom is -0.508 e. The Morgan fingerprint density at radius 3 is 1.86 bits per heavy atom. The van der Waals surface area contributed by atoms with Crippen molar-refractivity contribution in [1.82, 2.24) is 16.0 Å². The number of phenolic OH excluding ortho intramolecular Hbond substituents is 1. The fourth-order valence-electron chi connectivity index (χ4n) is 3.07. The van der Waals surface area contributed by atoms with E-state index >= 15 is 0 Å². The number of carboxylic acid groups (broad SMARTS) is 2. The third-order valence-corrected chi connectivity index (χ3v) is 4.88. The Morgan fingerprint density at radius 2 is 1.37 bits per heavy atom. The van der Waals surface area contributed by atoms with Crippen molar-refractivity contribution < 1.29 is 44.4 Å². The van der Waals surface area contributed by atoms with Crippen molar-refractivity contribution in [3.05, 3.63) is 29.8 Å². The molecule has 0 radical (unpaired) electrons. The van der Waals surface area contributed by atoms with Gasteiger partial charge in [0.25, 0.3) is 0 Å². The molecule has 4 unspecified atom stereocenters. The van der Waals surface area contributed by atoms with Crippen LogP contribution in [0.25, 0.3) is 0 Å². The van der Waals surface area contributed by atoms with Crippen LogP contribution >= 0.6 is 0 Å². The molecule has 9 N–H and O–H groups in total. The Bertz CT molecular complexity index is 905. The fourth-order valence-corrected chi connectivity index (χ4v) is 3.07. The van der Waals surface area contributed by atoms with Gasteiger partial charge in [0, 0.05) is 0 Å². The number of rotatable bonds is 14. The van der Waals surface area contributed by atoms with Crippen molar-refractivity contribution >= 4 is 29.7 Å². The zero-order chi connectivity index (χ0) is 26.7. The molecule has 1 aromatic carbocycles. The predicted molar refractivity (Wildman–Crippen MR) is 122 cm³/mol. The van der Waals surface area contributed by atoms with Crippen molar-refractivity contribution in [3.63, 3.8) is 0 Å². The van der Waals surface area contributed by atoms with E-state index in [0.717, 1.165) is 0 Å². The number of nitrogens with two attached hydrogens (primary N) is 1. The van der Waals surface area contributed by atoms with Gasteiger partial charge < -0.3 is 42.1 Å². The summed E-state index contributed by atoms with van der Waals surface area (Å²) in [6.07, 6.45) is -0.733. The highest BCUT2D eigenvalue weighted by Crippen LogP contribution is 2.11. The van der Waals surface area contributed by atoms with Crippen LogP contribution in [0.3, 0.4) is 0 Å². The van der Waals surface area contributed by atoms with Crippen LogP contribution in [-0.2, 0) is 30.4 Å². The van der Waals surface area contributed by atoms with E-state index in [2.05, 4.69) is 16.0 Å². The molecule has 1 rings (SSSR count). The van der Waals surface area contributed by atoms with E-state index in [4.69, 9.17) is 10.8 Å². The lowest BCUT2D eigenvalue weighted by Crippen LogP contribution is -2.58. The maximum atomic E-state index is 12.6. The Balaban J connectivity index is 2.84. The van der Waals surface area contributed by atoms with Gasteiger partial charge >= 0.3 is 11.9 Å². The number of aliphatic hydroxyl groups excluding tert-OH is 1. The lowest BCUT2D eigenvalue weighted by atomic mass is 10.0. The van der Waals surface area contributed by atoms with Crippen molar-refractivity contribution in [2.45, 2.75) is 57.3 Å². The summed E-state index contributed by atoms with van der Waals surface area (Å²) < 4.78 is 0. The molecule has 194 valence electrons. The minimum absolute atomic E-state index is 0.0302. The topological polar surface area (TPSA) is 228 Å². The van der Waals surface area contributed by atoms with E-state index in [0.29, 0.717) is 5.56 Å². The number of aromatic hydroxyl groups is 1. The molecule has 0 aliphatic rings. The Labute approximate surface area is 201 Å². The van der Waals surface area contributed by atoms with Gasteiger partial charge in [0.1, 0.15) is 23.9 Å². The highest BCUT2D eigenvalue weighted by Gasteiger charge is 2.31. The molecule has 13 nitrogen and oxygen atoms in total. The van der Waals surface area contributed by atoms with E-state index in [-0.39, 0.29) is 24.5 Å². The molecule has 1 aromatic rings. The third-order valence-electron chi connectivity index (χ3n) is 4.88. The maximum Gasteiger partial charge on any atom is 0.326 e. The van der Waals surface area contributed by atoms with Gasteiger partial charge in [-0.15, -0.1) is 0 Å². The zero-order valence-electron chi connectivity index (χ0n) is 19.4. The first kappa shape index (κ1) is 29.3. The first-order valence-corrected chi connectivity index (χ1v) is 10.8. The molecule has 3 amide bonds. The molecule has 0 heterocycles. The summed E-state index contributed by atoms with van der Waals surface area (Å²) in [5, 5.41) is 43.8. The van der Waals surface area contributed by atoms with E-state index < -0.39 is 66.9 Å². The molecule has 0 saturated carbocycles. The molecule has 13 heteroatoms. The number of carbonyl (C=O) groups excluding carboxylic acids is 3. The normalized spacial score (nSPS) is 14.3. The van der Waals surface area contributed by atoms with Crippen molar-refractivity contribution in [2.24, 2.45) is 11.7 Å². The van der Waals surface area contributed by atoms with Crippen LogP contribution in [0.5, 0.6) is 5.75 Å². The largest absolute Gasteiger partial charge is 0.508 e. The van der Waals surface area contributed by atoms with Crippen LogP contribution in [0.15, 0.2) is 24.3 Å². The van der Waals surface area contributed by atoms with Gasteiger partial charge in [0.15, 0.2) is 0 Å². The smallest absolute Gasteiger partial charge is 0.326 e. The first-order chi connectivity index (χ1) is 16.3. The minimum atomic E-state index is -1.66. The van der Waals surface area contributed by atoms with Gasteiger partial charge in [0.05, 0.1) is 19.1 Å². The van der Waals surface area contributed by atoms with Crippen LogP contribution in [0.4, 0.5) is 0 Å². The van der Waals surface area contributed by atoms with Gasteiger partial charge in [0.2, 0.25) is 17.7 Å². The first-order valence-electron chi connectivity index (χ1n) is 10.8. The number of aliphatic carboxylic acids is 2. The molecule has 0 aliphatic carbocycles. The quantitative estimate of drug-likeness (QED) is 0.146. The number of amides is 3. The number of aliphatic hydroxyl groups is 1. The molecule has 0 bridgehead atoms. The van der Waals surface area contributed by atoms with Gasteiger partial charge in [-0.3, -0.25) is 19.2 Å². The van der Waals surface area contributed by atoms with Crippen LogP contribution < -0.4 is 21.7 Å². The van der Waals surface area contributed by atoms with Crippen LogP contribution in [-0.4, -0.2) is 80.9 Å². The van der Waals surface area contributed by atoms with Gasteiger partial charge in [-0.25, -0.2) is 4.79 Å². The lowest BCUT2D eigenvalue weighted by Gasteiger charge is -2.24. The molecule has 4 atom stereocenters. The molecule has 0 aromatic heterocycles. The summed E-state index contributed by atoms with van der Waals surface area (Å²) >= 11 is 0. The second kappa shape index (κ2) is 13.9. The van der Waals surface area contributed by atoms with E-state index in [1.54, 1.807) is 26.0 Å². The summed E-state index contributed by atoms with van der Waals surface area (Å²) in [7, 11) is 0. The van der Waals surface area contributed by atoms with Crippen molar-refractivity contribution in [2.75, 3.05) is 6.61 Å². The zero-order valence-corrected chi connectivity index (χ0v) is 19.4. The van der Waals surface area contributed by atoms with Crippen molar-refractivity contribution in [1.29, 1.82) is 0 Å². The molecular weight excluding hydrogens is 464 g/mol. The highest BCUT2D eigenvalue weighted by atomic mass is 16.4. The monoisotopic (exact) mass is 496 g/mol. The van der Waals surface area contributed by atoms with Gasteiger partial charge in [-0.2, -0.15) is 0 Å². The standard InChI is InChI=1S/C22H32N4O9/c1-11(2)7-16(22(34)35)25-20(32)15(9-18(29)30)24-21(33)17(10-27)26-19(31)14(23)8-12-3-5-13(28)6-4-12/h3-6,11,14-17,27-28H,7-10,23H2,1-2H3,(H,24,33)(H,25,32)(H,26,31)(H,29,30)(H,34,35). The Kier molecular flexibility index (Phi) is 11.6. The SMILES string of the molecule is CC(C)CC(NC(=O)C(CC(=O)O)NC(=O)C(CO)NC(=O)C(N)Cc1ccc(O)cc1)C(=O)O. The Hall–Kier alpha value is -3.71. The Morgan fingerprint density at radius 1 is 0.857 bits per heavy atom. The second-order valence-electron chi connectivity index (χ2n) is 8.41. The second-order valence-corrected chi connectivity index (χ2v) is 8.41. The van der Waals surface area contributed by atoms with Crippen LogP contribution in [0.1, 0.15) is 32.3 Å². The third kappa shape index (κ3) is 10.4. The molecule has 35 heavy (non-hydrogen) atoms. The van der Waals surface area contributed by atoms with Crippen LogP contribution in [0, 0.1) is 5.92 Å². The van der Waals surface area contributed by atoms with Crippen LogP contribution in [0.2, 0.25) is 0 Å².